The molecule has 1 rings (SSSR count). The van der Waals surface area contributed by atoms with Crippen LogP contribution in [0.2, 0.25) is 0 Å². The number of hydrogen-bond acceptors (Lipinski definition) is 3. The summed E-state index contributed by atoms with van der Waals surface area (Å²) in [5.41, 5.74) is 0.0491. The quantitative estimate of drug-likeness (QED) is 0.770. The minimum atomic E-state index is -1.06. The first-order chi connectivity index (χ1) is 8.40. The van der Waals surface area contributed by atoms with Crippen molar-refractivity contribution in [1.29, 1.82) is 0 Å². The molecular formula is C11H12BrFN2O3. The summed E-state index contributed by atoms with van der Waals surface area (Å²) in [6, 6.07) is 3.39. The van der Waals surface area contributed by atoms with Crippen LogP contribution in [0.25, 0.3) is 0 Å². The molecule has 0 saturated carbocycles. The van der Waals surface area contributed by atoms with Crippen LogP contribution in [0, 0.1) is 5.82 Å². The average molecular weight is 319 g/mol. The molecule has 3 N–H and O–H groups in total. The fourth-order valence-electron chi connectivity index (χ4n) is 1.12. The second kappa shape index (κ2) is 6.46. The van der Waals surface area contributed by atoms with Gasteiger partial charge in [0.1, 0.15) is 11.9 Å². The van der Waals surface area contributed by atoms with Gasteiger partial charge in [0, 0.05) is 4.47 Å². The summed E-state index contributed by atoms with van der Waals surface area (Å²) in [7, 11) is 0. The highest BCUT2D eigenvalue weighted by molar-refractivity contribution is 9.10. The molecule has 0 fully saturated rings. The van der Waals surface area contributed by atoms with E-state index < -0.39 is 23.7 Å². The SMILES string of the molecule is C[C@@H](NCC(=O)Nc1ccc(Br)cc1F)C(=O)O. The predicted molar refractivity (Wildman–Crippen MR) is 67.8 cm³/mol. The van der Waals surface area contributed by atoms with Gasteiger partial charge in [-0.15, -0.1) is 0 Å². The highest BCUT2D eigenvalue weighted by Gasteiger charge is 2.12. The monoisotopic (exact) mass is 318 g/mol. The molecule has 1 aromatic rings. The van der Waals surface area contributed by atoms with Crippen molar-refractivity contribution in [3.05, 3.63) is 28.5 Å². The number of rotatable bonds is 5. The number of halogens is 2. The van der Waals surface area contributed by atoms with E-state index in [1.54, 1.807) is 6.07 Å². The molecule has 0 unspecified atom stereocenters. The lowest BCUT2D eigenvalue weighted by molar-refractivity contribution is -0.139. The third-order valence-electron chi connectivity index (χ3n) is 2.14. The van der Waals surface area contributed by atoms with Gasteiger partial charge in [0.05, 0.1) is 12.2 Å². The van der Waals surface area contributed by atoms with Crippen LogP contribution in [-0.2, 0) is 9.59 Å². The van der Waals surface area contributed by atoms with Gasteiger partial charge >= 0.3 is 5.97 Å². The summed E-state index contributed by atoms with van der Waals surface area (Å²) in [6.07, 6.45) is 0. The van der Waals surface area contributed by atoms with Gasteiger partial charge in [0.15, 0.2) is 0 Å². The highest BCUT2D eigenvalue weighted by atomic mass is 79.9. The number of benzene rings is 1. The van der Waals surface area contributed by atoms with Crippen molar-refractivity contribution in [2.24, 2.45) is 0 Å². The summed E-state index contributed by atoms with van der Waals surface area (Å²) in [4.78, 5) is 21.9. The first kappa shape index (κ1) is 14.6. The number of aliphatic carboxylic acids is 1. The molecule has 0 aliphatic rings. The molecule has 18 heavy (non-hydrogen) atoms. The third kappa shape index (κ3) is 4.42. The van der Waals surface area contributed by atoms with Gasteiger partial charge in [0.25, 0.3) is 0 Å². The highest BCUT2D eigenvalue weighted by Crippen LogP contribution is 2.18. The van der Waals surface area contributed by atoms with Gasteiger partial charge in [-0.25, -0.2) is 4.39 Å². The standard InChI is InChI=1S/C11H12BrFN2O3/c1-6(11(17)18)14-5-10(16)15-9-3-2-7(12)4-8(9)13/h2-4,6,14H,5H2,1H3,(H,15,16)(H,17,18)/t6-/m1/s1. The molecular weight excluding hydrogens is 307 g/mol. The molecule has 1 atom stereocenters. The number of anilines is 1. The Labute approximate surface area is 112 Å². The maximum Gasteiger partial charge on any atom is 0.320 e. The third-order valence-corrected chi connectivity index (χ3v) is 2.64. The molecule has 0 aromatic heterocycles. The van der Waals surface area contributed by atoms with Crippen molar-refractivity contribution < 1.29 is 19.1 Å². The Hall–Kier alpha value is -1.47. The Morgan fingerprint density at radius 2 is 2.17 bits per heavy atom. The molecule has 98 valence electrons. The van der Waals surface area contributed by atoms with E-state index in [9.17, 15) is 14.0 Å². The Morgan fingerprint density at radius 1 is 1.50 bits per heavy atom. The fourth-order valence-corrected chi connectivity index (χ4v) is 1.45. The van der Waals surface area contributed by atoms with E-state index in [1.807, 2.05) is 0 Å². The van der Waals surface area contributed by atoms with Crippen molar-refractivity contribution in [3.63, 3.8) is 0 Å². The van der Waals surface area contributed by atoms with Gasteiger partial charge < -0.3 is 10.4 Å². The Morgan fingerprint density at radius 3 is 2.72 bits per heavy atom. The second-order valence-electron chi connectivity index (χ2n) is 3.61. The van der Waals surface area contributed by atoms with Crippen LogP contribution in [0.3, 0.4) is 0 Å². The number of carbonyl (C=O) groups is 2. The Bertz CT molecular complexity index is 468. The second-order valence-corrected chi connectivity index (χ2v) is 4.53. The zero-order chi connectivity index (χ0) is 13.7. The molecule has 5 nitrogen and oxygen atoms in total. The van der Waals surface area contributed by atoms with Gasteiger partial charge in [-0.1, -0.05) is 15.9 Å². The van der Waals surface area contributed by atoms with Gasteiger partial charge in [-0.2, -0.15) is 0 Å². The van der Waals surface area contributed by atoms with Crippen LogP contribution in [0.15, 0.2) is 22.7 Å². The lowest BCUT2D eigenvalue weighted by Gasteiger charge is -2.10. The zero-order valence-corrected chi connectivity index (χ0v) is 11.1. The van der Waals surface area contributed by atoms with E-state index in [1.165, 1.54) is 19.1 Å². The number of hydrogen-bond donors (Lipinski definition) is 3. The lowest BCUT2D eigenvalue weighted by atomic mass is 10.3. The van der Waals surface area contributed by atoms with E-state index in [-0.39, 0.29) is 12.2 Å². The van der Waals surface area contributed by atoms with E-state index in [2.05, 4.69) is 26.6 Å². The van der Waals surface area contributed by atoms with Gasteiger partial charge in [0.2, 0.25) is 5.91 Å². The number of nitrogens with one attached hydrogen (secondary N) is 2. The first-order valence-corrected chi connectivity index (χ1v) is 5.90. The van der Waals surface area contributed by atoms with Crippen molar-refractivity contribution in [3.8, 4) is 0 Å². The number of carboxylic acid groups (broad SMARTS) is 1. The van der Waals surface area contributed by atoms with Crippen molar-refractivity contribution >= 4 is 33.5 Å². The molecule has 0 saturated heterocycles. The normalized spacial score (nSPS) is 11.9. The summed E-state index contributed by atoms with van der Waals surface area (Å²) < 4.78 is 13.9. The lowest BCUT2D eigenvalue weighted by Crippen LogP contribution is -2.39. The summed E-state index contributed by atoms with van der Waals surface area (Å²) in [6.45, 7) is 1.21. The smallest absolute Gasteiger partial charge is 0.320 e. The topological polar surface area (TPSA) is 78.4 Å². The fraction of sp³-hybridized carbons (Fsp3) is 0.273. The molecule has 1 amide bonds. The Balaban J connectivity index is 2.52. The molecule has 1 aromatic carbocycles. The van der Waals surface area contributed by atoms with Gasteiger partial charge in [-0.05, 0) is 25.1 Å². The molecule has 0 radical (unpaired) electrons. The zero-order valence-electron chi connectivity index (χ0n) is 9.54. The molecule has 0 aliphatic heterocycles. The van der Waals surface area contributed by atoms with Crippen molar-refractivity contribution in [2.45, 2.75) is 13.0 Å². The molecule has 0 bridgehead atoms. The van der Waals surface area contributed by atoms with Gasteiger partial charge in [-0.3, -0.25) is 14.9 Å². The summed E-state index contributed by atoms with van der Waals surface area (Å²) >= 11 is 3.10. The summed E-state index contributed by atoms with van der Waals surface area (Å²) in [5.74, 6) is -2.13. The van der Waals surface area contributed by atoms with Crippen LogP contribution in [-0.4, -0.2) is 29.6 Å². The van der Waals surface area contributed by atoms with E-state index in [0.29, 0.717) is 4.47 Å². The number of carbonyl (C=O) groups excluding carboxylic acids is 1. The number of amides is 1. The van der Waals surface area contributed by atoms with Crippen LogP contribution >= 0.6 is 15.9 Å². The van der Waals surface area contributed by atoms with Crippen LogP contribution in [0.5, 0.6) is 0 Å². The first-order valence-electron chi connectivity index (χ1n) is 5.11. The van der Waals surface area contributed by atoms with Crippen molar-refractivity contribution in [2.75, 3.05) is 11.9 Å². The van der Waals surface area contributed by atoms with Crippen molar-refractivity contribution in [1.82, 2.24) is 5.32 Å². The average Bonchev–Trinajstić information content (AvgIpc) is 2.29. The van der Waals surface area contributed by atoms with E-state index in [0.717, 1.165) is 0 Å². The Kier molecular flexibility index (Phi) is 5.24. The summed E-state index contributed by atoms with van der Waals surface area (Å²) in [5, 5.41) is 13.4. The molecule has 0 spiro atoms. The molecule has 7 heteroatoms. The van der Waals surface area contributed by atoms with Crippen LogP contribution in [0.1, 0.15) is 6.92 Å². The molecule has 0 aliphatic carbocycles. The largest absolute Gasteiger partial charge is 0.480 e. The minimum Gasteiger partial charge on any atom is -0.480 e. The van der Waals surface area contributed by atoms with Crippen LogP contribution < -0.4 is 10.6 Å². The predicted octanol–water partition coefficient (Wildman–Crippen LogP) is 1.59. The molecule has 0 heterocycles. The van der Waals surface area contributed by atoms with E-state index >= 15 is 0 Å². The van der Waals surface area contributed by atoms with Crippen LogP contribution in [0.4, 0.5) is 10.1 Å². The minimum absolute atomic E-state index is 0.0491. The maximum atomic E-state index is 13.4. The number of carboxylic acids is 1. The maximum absolute atomic E-state index is 13.4. The van der Waals surface area contributed by atoms with E-state index in [4.69, 9.17) is 5.11 Å².